The monoisotopic (exact) mass is 286 g/mol. The largest absolute Gasteiger partial charge is 0.353 e. The predicted molar refractivity (Wildman–Crippen MR) is 85.1 cm³/mol. The van der Waals surface area contributed by atoms with Crippen molar-refractivity contribution >= 4 is 11.9 Å². The molecule has 21 heavy (non-hydrogen) atoms. The van der Waals surface area contributed by atoms with Gasteiger partial charge < -0.3 is 15.5 Å². The van der Waals surface area contributed by atoms with Gasteiger partial charge in [0.15, 0.2) is 5.96 Å². The second-order valence-electron chi connectivity index (χ2n) is 4.93. The van der Waals surface area contributed by atoms with Gasteiger partial charge in [-0.25, -0.2) is 0 Å². The Kier molecular flexibility index (Phi) is 5.37. The third-order valence-electron chi connectivity index (χ3n) is 3.53. The second-order valence-corrected chi connectivity index (χ2v) is 4.93. The molecule has 1 amide bonds. The smallest absolute Gasteiger partial charge is 0.242 e. The van der Waals surface area contributed by atoms with Crippen molar-refractivity contribution in [2.24, 2.45) is 4.99 Å². The molecule has 0 aliphatic carbocycles. The van der Waals surface area contributed by atoms with Gasteiger partial charge in [-0.2, -0.15) is 0 Å². The maximum absolute atomic E-state index is 12.3. The molecule has 0 saturated heterocycles. The summed E-state index contributed by atoms with van der Waals surface area (Å²) in [6.45, 7) is 5.97. The molecule has 0 atom stereocenters. The molecule has 1 aromatic carbocycles. The molecular weight excluding hydrogens is 264 g/mol. The van der Waals surface area contributed by atoms with Gasteiger partial charge in [0.25, 0.3) is 0 Å². The van der Waals surface area contributed by atoms with Crippen LogP contribution in [0.3, 0.4) is 0 Å². The topological polar surface area (TPSA) is 56.7 Å². The Morgan fingerprint density at radius 1 is 1.38 bits per heavy atom. The summed E-state index contributed by atoms with van der Waals surface area (Å²) < 4.78 is 0. The number of benzene rings is 1. The Labute approximate surface area is 125 Å². The Bertz CT molecular complexity index is 539. The van der Waals surface area contributed by atoms with E-state index in [1.807, 2.05) is 17.0 Å². The number of carbonyl (C=O) groups excluding carboxylic acids is 1. The minimum absolute atomic E-state index is 0.0889. The highest BCUT2D eigenvalue weighted by Crippen LogP contribution is 2.18. The van der Waals surface area contributed by atoms with Crippen LogP contribution >= 0.6 is 0 Å². The molecule has 112 valence electrons. The molecule has 0 saturated carbocycles. The van der Waals surface area contributed by atoms with Crippen molar-refractivity contribution < 1.29 is 4.79 Å². The van der Waals surface area contributed by atoms with E-state index in [-0.39, 0.29) is 12.5 Å². The highest BCUT2D eigenvalue weighted by molar-refractivity contribution is 5.86. The Morgan fingerprint density at radius 3 is 2.86 bits per heavy atom. The van der Waals surface area contributed by atoms with Gasteiger partial charge in [-0.1, -0.05) is 30.3 Å². The molecule has 1 aliphatic rings. The summed E-state index contributed by atoms with van der Waals surface area (Å²) >= 11 is 0. The van der Waals surface area contributed by atoms with Gasteiger partial charge in [-0.15, -0.1) is 6.58 Å². The summed E-state index contributed by atoms with van der Waals surface area (Å²) in [6, 6.07) is 8.29. The number of hydrogen-bond acceptors (Lipinski definition) is 2. The molecule has 0 fully saturated rings. The first-order valence-electron chi connectivity index (χ1n) is 7.14. The zero-order valence-electron chi connectivity index (χ0n) is 12.4. The number of guanidine groups is 1. The van der Waals surface area contributed by atoms with E-state index in [0.29, 0.717) is 19.0 Å². The number of aliphatic imine (C=N–C) groups is 1. The molecular formula is C16H22N4O. The molecule has 1 aromatic rings. The molecule has 0 spiro atoms. The van der Waals surface area contributed by atoms with E-state index in [1.165, 1.54) is 11.1 Å². The minimum Gasteiger partial charge on any atom is -0.353 e. The fourth-order valence-corrected chi connectivity index (χ4v) is 2.37. The quantitative estimate of drug-likeness (QED) is 0.492. The van der Waals surface area contributed by atoms with Gasteiger partial charge in [0.05, 0.1) is 6.54 Å². The summed E-state index contributed by atoms with van der Waals surface area (Å²) in [4.78, 5) is 18.2. The van der Waals surface area contributed by atoms with Crippen molar-refractivity contribution in [3.8, 4) is 0 Å². The third kappa shape index (κ3) is 4.08. The summed E-state index contributed by atoms with van der Waals surface area (Å²) in [5.41, 5.74) is 2.59. The van der Waals surface area contributed by atoms with Crippen LogP contribution < -0.4 is 10.6 Å². The van der Waals surface area contributed by atoms with Gasteiger partial charge in [-0.3, -0.25) is 9.79 Å². The van der Waals surface area contributed by atoms with E-state index in [9.17, 15) is 4.79 Å². The lowest BCUT2D eigenvalue weighted by atomic mass is 10.00. The van der Waals surface area contributed by atoms with Crippen LogP contribution in [-0.4, -0.2) is 43.4 Å². The first-order valence-corrected chi connectivity index (χ1v) is 7.14. The van der Waals surface area contributed by atoms with E-state index in [4.69, 9.17) is 0 Å². The number of carbonyl (C=O) groups is 1. The molecule has 0 unspecified atom stereocenters. The van der Waals surface area contributed by atoms with Crippen molar-refractivity contribution in [2.75, 3.05) is 26.7 Å². The molecule has 0 aromatic heterocycles. The average molecular weight is 286 g/mol. The third-order valence-corrected chi connectivity index (χ3v) is 3.53. The molecule has 2 N–H and O–H groups in total. The summed E-state index contributed by atoms with van der Waals surface area (Å²) in [6.07, 6.45) is 2.67. The molecule has 0 radical (unpaired) electrons. The Hall–Kier alpha value is -2.30. The second kappa shape index (κ2) is 7.47. The zero-order chi connectivity index (χ0) is 15.1. The van der Waals surface area contributed by atoms with Gasteiger partial charge in [0.1, 0.15) is 0 Å². The van der Waals surface area contributed by atoms with Crippen LogP contribution in [0, 0.1) is 0 Å². The van der Waals surface area contributed by atoms with Gasteiger partial charge in [-0.05, 0) is 17.5 Å². The number of rotatable bonds is 4. The van der Waals surface area contributed by atoms with E-state index in [2.05, 4.69) is 34.3 Å². The molecule has 1 heterocycles. The summed E-state index contributed by atoms with van der Waals surface area (Å²) in [5, 5.41) is 6.07. The standard InChI is InChI=1S/C16H22N4O/c1-3-9-18-16(17-2)19-11-15(21)20-10-8-13-6-4-5-7-14(13)12-20/h3-7H,1,8-12H2,2H3,(H2,17,18,19). The van der Waals surface area contributed by atoms with Gasteiger partial charge in [0.2, 0.25) is 5.91 Å². The van der Waals surface area contributed by atoms with E-state index in [1.54, 1.807) is 13.1 Å². The van der Waals surface area contributed by atoms with Gasteiger partial charge >= 0.3 is 0 Å². The molecule has 0 bridgehead atoms. The number of amides is 1. The lowest BCUT2D eigenvalue weighted by molar-refractivity contribution is -0.130. The molecule has 2 rings (SSSR count). The molecule has 5 nitrogen and oxygen atoms in total. The van der Waals surface area contributed by atoms with E-state index in [0.717, 1.165) is 13.0 Å². The number of hydrogen-bond donors (Lipinski definition) is 2. The summed E-state index contributed by atoms with van der Waals surface area (Å²) in [7, 11) is 1.68. The van der Waals surface area contributed by atoms with Crippen molar-refractivity contribution in [3.05, 3.63) is 48.0 Å². The SMILES string of the molecule is C=CCNC(=NC)NCC(=O)N1CCc2ccccc2C1. The van der Waals surface area contributed by atoms with Crippen molar-refractivity contribution in [3.63, 3.8) is 0 Å². The van der Waals surface area contributed by atoms with Crippen molar-refractivity contribution in [1.82, 2.24) is 15.5 Å². The average Bonchev–Trinajstić information content (AvgIpc) is 2.54. The molecule has 5 heteroatoms. The van der Waals surface area contributed by atoms with Crippen LogP contribution in [0.25, 0.3) is 0 Å². The fourth-order valence-electron chi connectivity index (χ4n) is 2.37. The van der Waals surface area contributed by atoms with Crippen LogP contribution in [0.2, 0.25) is 0 Å². The lowest BCUT2D eigenvalue weighted by Crippen LogP contribution is -2.45. The van der Waals surface area contributed by atoms with Crippen molar-refractivity contribution in [2.45, 2.75) is 13.0 Å². The van der Waals surface area contributed by atoms with Crippen LogP contribution in [0.5, 0.6) is 0 Å². The lowest BCUT2D eigenvalue weighted by Gasteiger charge is -2.29. The van der Waals surface area contributed by atoms with E-state index < -0.39 is 0 Å². The Balaban J connectivity index is 1.86. The van der Waals surface area contributed by atoms with Crippen LogP contribution in [-0.2, 0) is 17.8 Å². The molecule has 1 aliphatic heterocycles. The van der Waals surface area contributed by atoms with Gasteiger partial charge in [0, 0.05) is 26.7 Å². The van der Waals surface area contributed by atoms with Crippen LogP contribution in [0.15, 0.2) is 41.9 Å². The minimum atomic E-state index is 0.0889. The van der Waals surface area contributed by atoms with E-state index >= 15 is 0 Å². The predicted octanol–water partition coefficient (Wildman–Crippen LogP) is 0.922. The zero-order valence-corrected chi connectivity index (χ0v) is 12.4. The number of nitrogens with zero attached hydrogens (tertiary/aromatic N) is 2. The maximum atomic E-state index is 12.3. The van der Waals surface area contributed by atoms with Crippen molar-refractivity contribution in [1.29, 1.82) is 0 Å². The normalized spacial score (nSPS) is 14.3. The highest BCUT2D eigenvalue weighted by Gasteiger charge is 2.20. The maximum Gasteiger partial charge on any atom is 0.242 e. The first-order chi connectivity index (χ1) is 10.2. The Morgan fingerprint density at radius 2 is 2.14 bits per heavy atom. The summed E-state index contributed by atoms with van der Waals surface area (Å²) in [5.74, 6) is 0.701. The fraction of sp³-hybridized carbons (Fsp3) is 0.375. The first kappa shape index (κ1) is 15.1. The van der Waals surface area contributed by atoms with Crippen LogP contribution in [0.1, 0.15) is 11.1 Å². The number of nitrogens with one attached hydrogen (secondary N) is 2. The highest BCUT2D eigenvalue weighted by atomic mass is 16.2. The number of fused-ring (bicyclic) bond motifs is 1. The van der Waals surface area contributed by atoms with Crippen LogP contribution in [0.4, 0.5) is 0 Å².